The Hall–Kier alpha value is -1.59. The Labute approximate surface area is 153 Å². The molecule has 3 rings (SSSR count). The van der Waals surface area contributed by atoms with Crippen molar-refractivity contribution in [2.45, 2.75) is 19.1 Å². The van der Waals surface area contributed by atoms with Crippen molar-refractivity contribution in [3.63, 3.8) is 0 Å². The summed E-state index contributed by atoms with van der Waals surface area (Å²) < 4.78 is 5.91. The number of ether oxygens (including phenoxy) is 1. The number of hydrogen-bond acceptors (Lipinski definition) is 3. The highest BCUT2D eigenvalue weighted by Gasteiger charge is 2.20. The normalized spacial score (nSPS) is 20.1. The maximum Gasteiger partial charge on any atom is 0.255 e. The number of rotatable bonds is 3. The molecule has 4 nitrogen and oxygen atoms in total. The Morgan fingerprint density at radius 3 is 2.62 bits per heavy atom. The summed E-state index contributed by atoms with van der Waals surface area (Å²) in [5.41, 5.74) is 2.38. The fraction of sp³-hybridized carbons (Fsp3) is 0.278. The van der Waals surface area contributed by atoms with Crippen molar-refractivity contribution < 1.29 is 9.53 Å². The summed E-state index contributed by atoms with van der Waals surface area (Å²) in [6.07, 6.45) is 0.257. The molecular formula is C18H20Cl2N2O2. The standard InChI is InChI=1S/C18H19ClN2O2.ClH/c1-12-10-20-11-17(23-12)13-5-7-16(8-6-13)21-18(22)14-3-2-4-15(19)9-14;/h2-9,12,17,20H,10-11H2,1H3,(H,21,22);1H/t12-,17+;/m0./s1. The molecule has 0 bridgehead atoms. The zero-order chi connectivity index (χ0) is 16.2. The van der Waals surface area contributed by atoms with Crippen LogP contribution in [-0.2, 0) is 4.74 Å². The van der Waals surface area contributed by atoms with E-state index in [4.69, 9.17) is 16.3 Å². The lowest BCUT2D eigenvalue weighted by Crippen LogP contribution is -2.38. The summed E-state index contributed by atoms with van der Waals surface area (Å²) in [5.74, 6) is -0.176. The number of halogens is 2. The predicted molar refractivity (Wildman–Crippen MR) is 99.3 cm³/mol. The fourth-order valence-corrected chi connectivity index (χ4v) is 2.80. The second kappa shape index (κ2) is 8.49. The van der Waals surface area contributed by atoms with Gasteiger partial charge < -0.3 is 15.4 Å². The van der Waals surface area contributed by atoms with Crippen molar-refractivity contribution in [1.82, 2.24) is 5.32 Å². The van der Waals surface area contributed by atoms with Crippen LogP contribution in [0.1, 0.15) is 28.9 Å². The van der Waals surface area contributed by atoms with Gasteiger partial charge in [-0.1, -0.05) is 29.8 Å². The molecule has 2 atom stereocenters. The van der Waals surface area contributed by atoms with E-state index in [2.05, 4.69) is 17.6 Å². The van der Waals surface area contributed by atoms with E-state index in [1.165, 1.54) is 0 Å². The number of morpholine rings is 1. The highest BCUT2D eigenvalue weighted by Crippen LogP contribution is 2.23. The Morgan fingerprint density at radius 2 is 1.96 bits per heavy atom. The average molecular weight is 367 g/mol. The quantitative estimate of drug-likeness (QED) is 0.860. The van der Waals surface area contributed by atoms with Crippen molar-refractivity contribution in [2.24, 2.45) is 0 Å². The van der Waals surface area contributed by atoms with Gasteiger partial charge >= 0.3 is 0 Å². The van der Waals surface area contributed by atoms with E-state index in [0.29, 0.717) is 10.6 Å². The van der Waals surface area contributed by atoms with Gasteiger partial charge in [-0.05, 0) is 42.8 Å². The van der Waals surface area contributed by atoms with Gasteiger partial charge in [0.15, 0.2) is 0 Å². The first-order valence-corrected chi connectivity index (χ1v) is 8.02. The van der Waals surface area contributed by atoms with Gasteiger partial charge in [0.25, 0.3) is 5.91 Å². The van der Waals surface area contributed by atoms with Gasteiger partial charge in [0.1, 0.15) is 0 Å². The first-order chi connectivity index (χ1) is 11.1. The number of benzene rings is 2. The molecule has 6 heteroatoms. The molecular weight excluding hydrogens is 347 g/mol. The molecule has 24 heavy (non-hydrogen) atoms. The molecule has 128 valence electrons. The van der Waals surface area contributed by atoms with E-state index in [1.54, 1.807) is 24.3 Å². The van der Waals surface area contributed by atoms with Crippen LogP contribution < -0.4 is 10.6 Å². The van der Waals surface area contributed by atoms with Crippen LogP contribution in [0.5, 0.6) is 0 Å². The van der Waals surface area contributed by atoms with Gasteiger partial charge in [-0.25, -0.2) is 0 Å². The van der Waals surface area contributed by atoms with Gasteiger partial charge in [0.2, 0.25) is 0 Å². The van der Waals surface area contributed by atoms with Crippen LogP contribution in [0.15, 0.2) is 48.5 Å². The lowest BCUT2D eigenvalue weighted by atomic mass is 10.1. The minimum absolute atomic E-state index is 0. The molecule has 0 saturated carbocycles. The van der Waals surface area contributed by atoms with Crippen molar-refractivity contribution in [3.8, 4) is 0 Å². The first-order valence-electron chi connectivity index (χ1n) is 7.65. The molecule has 0 aliphatic carbocycles. The molecule has 1 aliphatic rings. The van der Waals surface area contributed by atoms with Crippen molar-refractivity contribution in [3.05, 3.63) is 64.7 Å². The topological polar surface area (TPSA) is 50.4 Å². The second-order valence-electron chi connectivity index (χ2n) is 5.68. The molecule has 0 aromatic heterocycles. The zero-order valence-electron chi connectivity index (χ0n) is 13.3. The molecule has 0 radical (unpaired) electrons. The first kappa shape index (κ1) is 18.7. The molecule has 2 aromatic rings. The van der Waals surface area contributed by atoms with Crippen molar-refractivity contribution >= 4 is 35.6 Å². The SMILES string of the molecule is C[C@H]1CNC[C@H](c2ccc(NC(=O)c3cccc(Cl)c3)cc2)O1.Cl. The molecule has 0 spiro atoms. The van der Waals surface area contributed by atoms with Crippen LogP contribution >= 0.6 is 24.0 Å². The number of carbonyl (C=O) groups is 1. The maximum atomic E-state index is 12.2. The maximum absolute atomic E-state index is 12.2. The van der Waals surface area contributed by atoms with Crippen LogP contribution in [0, 0.1) is 0 Å². The van der Waals surface area contributed by atoms with Crippen LogP contribution in [0.3, 0.4) is 0 Å². The minimum atomic E-state index is -0.176. The monoisotopic (exact) mass is 366 g/mol. The Kier molecular flexibility index (Phi) is 6.63. The van der Waals surface area contributed by atoms with Gasteiger partial charge in [0, 0.05) is 29.4 Å². The molecule has 2 aromatic carbocycles. The summed E-state index contributed by atoms with van der Waals surface area (Å²) in [6.45, 7) is 3.74. The Morgan fingerprint density at radius 1 is 1.21 bits per heavy atom. The van der Waals surface area contributed by atoms with E-state index in [0.717, 1.165) is 24.3 Å². The van der Waals surface area contributed by atoms with E-state index in [9.17, 15) is 4.79 Å². The fourth-order valence-electron chi connectivity index (χ4n) is 2.60. The van der Waals surface area contributed by atoms with E-state index in [1.807, 2.05) is 24.3 Å². The van der Waals surface area contributed by atoms with E-state index < -0.39 is 0 Å². The number of nitrogens with one attached hydrogen (secondary N) is 2. The third-order valence-electron chi connectivity index (χ3n) is 3.79. The lowest BCUT2D eigenvalue weighted by molar-refractivity contribution is -0.0287. The number of carbonyl (C=O) groups excluding carboxylic acids is 1. The average Bonchev–Trinajstić information content (AvgIpc) is 2.55. The molecule has 2 N–H and O–H groups in total. The van der Waals surface area contributed by atoms with Crippen molar-refractivity contribution in [1.29, 1.82) is 0 Å². The van der Waals surface area contributed by atoms with Crippen LogP contribution in [-0.4, -0.2) is 25.1 Å². The van der Waals surface area contributed by atoms with Crippen molar-refractivity contribution in [2.75, 3.05) is 18.4 Å². The van der Waals surface area contributed by atoms with E-state index >= 15 is 0 Å². The molecule has 1 fully saturated rings. The molecule has 0 unspecified atom stereocenters. The van der Waals surface area contributed by atoms with Gasteiger partial charge in [-0.15, -0.1) is 12.4 Å². The summed E-state index contributed by atoms with van der Waals surface area (Å²) in [5, 5.41) is 6.77. The second-order valence-corrected chi connectivity index (χ2v) is 6.12. The summed E-state index contributed by atoms with van der Waals surface area (Å²) in [7, 11) is 0. The van der Waals surface area contributed by atoms with E-state index in [-0.39, 0.29) is 30.5 Å². The molecule has 1 aliphatic heterocycles. The van der Waals surface area contributed by atoms with Crippen LogP contribution in [0.4, 0.5) is 5.69 Å². The minimum Gasteiger partial charge on any atom is -0.368 e. The van der Waals surface area contributed by atoms with Gasteiger partial charge in [-0.3, -0.25) is 4.79 Å². The van der Waals surface area contributed by atoms with Gasteiger partial charge in [-0.2, -0.15) is 0 Å². The number of anilines is 1. The molecule has 1 saturated heterocycles. The largest absolute Gasteiger partial charge is 0.368 e. The summed E-state index contributed by atoms with van der Waals surface area (Å²) in [6, 6.07) is 14.6. The Bertz CT molecular complexity index is 692. The third kappa shape index (κ3) is 4.71. The number of amides is 1. The molecule has 1 heterocycles. The van der Waals surface area contributed by atoms with Crippen LogP contribution in [0.2, 0.25) is 5.02 Å². The Balaban J connectivity index is 0.00000208. The number of hydrogen-bond donors (Lipinski definition) is 2. The predicted octanol–water partition coefficient (Wildman–Crippen LogP) is 4.06. The smallest absolute Gasteiger partial charge is 0.255 e. The highest BCUT2D eigenvalue weighted by molar-refractivity contribution is 6.31. The zero-order valence-corrected chi connectivity index (χ0v) is 14.9. The summed E-state index contributed by atoms with van der Waals surface area (Å²) >= 11 is 5.91. The van der Waals surface area contributed by atoms with Gasteiger partial charge in [0.05, 0.1) is 12.2 Å². The lowest BCUT2D eigenvalue weighted by Gasteiger charge is -2.29. The molecule has 1 amide bonds. The third-order valence-corrected chi connectivity index (χ3v) is 4.02. The highest BCUT2D eigenvalue weighted by atomic mass is 35.5. The van der Waals surface area contributed by atoms with Crippen LogP contribution in [0.25, 0.3) is 0 Å². The summed E-state index contributed by atoms with van der Waals surface area (Å²) in [4.78, 5) is 12.2.